The Morgan fingerprint density at radius 3 is 2.72 bits per heavy atom. The zero-order chi connectivity index (χ0) is 17.8. The molecule has 3 saturated carbocycles. The van der Waals surface area contributed by atoms with Crippen molar-refractivity contribution in [2.45, 2.75) is 45.1 Å². The molecule has 132 valence electrons. The maximum Gasteiger partial charge on any atom is 0.309 e. The number of H-pyrrole nitrogens is 1. The molecule has 0 spiro atoms. The van der Waals surface area contributed by atoms with Gasteiger partial charge in [0, 0.05) is 23.1 Å². The molecule has 0 radical (unpaired) electrons. The van der Waals surface area contributed by atoms with Crippen LogP contribution in [-0.2, 0) is 16.0 Å². The van der Waals surface area contributed by atoms with Gasteiger partial charge in [-0.2, -0.15) is 0 Å². The van der Waals surface area contributed by atoms with E-state index in [9.17, 15) is 19.1 Å². The van der Waals surface area contributed by atoms with Gasteiger partial charge in [0.05, 0.1) is 10.8 Å². The number of rotatable bonds is 5. The van der Waals surface area contributed by atoms with E-state index in [-0.39, 0.29) is 17.8 Å². The van der Waals surface area contributed by atoms with Crippen molar-refractivity contribution in [2.75, 3.05) is 0 Å². The molecule has 1 atom stereocenters. The van der Waals surface area contributed by atoms with Crippen LogP contribution in [-0.4, -0.2) is 28.0 Å². The number of aromatic nitrogens is 1. The lowest BCUT2D eigenvalue weighted by molar-refractivity contribution is -0.160. The molecule has 3 N–H and O–H groups in total. The summed E-state index contributed by atoms with van der Waals surface area (Å²) in [5, 5.41) is 13.2. The van der Waals surface area contributed by atoms with E-state index in [1.165, 1.54) is 12.1 Å². The summed E-state index contributed by atoms with van der Waals surface area (Å²) in [4.78, 5) is 27.1. The third kappa shape index (κ3) is 2.42. The van der Waals surface area contributed by atoms with Crippen molar-refractivity contribution < 1.29 is 19.1 Å². The first kappa shape index (κ1) is 16.1. The molecular weight excluding hydrogens is 323 g/mol. The van der Waals surface area contributed by atoms with Crippen LogP contribution in [0.25, 0.3) is 10.9 Å². The van der Waals surface area contributed by atoms with Crippen molar-refractivity contribution in [1.29, 1.82) is 0 Å². The van der Waals surface area contributed by atoms with Gasteiger partial charge in [-0.15, -0.1) is 0 Å². The van der Waals surface area contributed by atoms with Gasteiger partial charge in [-0.3, -0.25) is 9.59 Å². The molecule has 5 nitrogen and oxygen atoms in total. The molecule has 2 aromatic rings. The van der Waals surface area contributed by atoms with Gasteiger partial charge in [0.25, 0.3) is 0 Å². The van der Waals surface area contributed by atoms with Crippen molar-refractivity contribution in [3.63, 3.8) is 0 Å². The number of carbonyl (C=O) groups excluding carboxylic acids is 1. The number of aliphatic carboxylic acids is 1. The van der Waals surface area contributed by atoms with Crippen molar-refractivity contribution in [2.24, 2.45) is 10.8 Å². The van der Waals surface area contributed by atoms with Crippen LogP contribution in [0.15, 0.2) is 24.4 Å². The first-order valence-electron chi connectivity index (χ1n) is 8.64. The van der Waals surface area contributed by atoms with Crippen molar-refractivity contribution >= 4 is 22.8 Å². The standard InChI is InChI=1S/C19H21FN2O3/c1-11(6-12-8-21-15-3-2-13(20)7-14(12)15)22-16(23)18-4-5-19(9-18,10-18)17(24)25/h2-3,7-8,11,21H,4-6,9-10H2,1H3,(H,22,23)(H,24,25). The molecule has 25 heavy (non-hydrogen) atoms. The fourth-order valence-electron chi connectivity index (χ4n) is 4.69. The van der Waals surface area contributed by atoms with Crippen LogP contribution in [0.5, 0.6) is 0 Å². The zero-order valence-corrected chi connectivity index (χ0v) is 14.1. The molecule has 1 unspecified atom stereocenters. The lowest BCUT2D eigenvalue weighted by Crippen LogP contribution is -2.53. The Kier molecular flexibility index (Phi) is 3.42. The third-order valence-corrected chi connectivity index (χ3v) is 6.00. The Bertz CT molecular complexity index is 867. The number of benzene rings is 1. The smallest absolute Gasteiger partial charge is 0.309 e. The number of halogens is 1. The topological polar surface area (TPSA) is 82.2 Å². The van der Waals surface area contributed by atoms with E-state index in [0.29, 0.717) is 32.1 Å². The second-order valence-electron chi connectivity index (χ2n) is 7.80. The second kappa shape index (κ2) is 5.31. The Morgan fingerprint density at radius 2 is 2.04 bits per heavy atom. The minimum Gasteiger partial charge on any atom is -0.481 e. The SMILES string of the molecule is CC(Cc1c[nH]c2ccc(F)cc12)NC(=O)C12CCC(C(=O)O)(C1)C2. The van der Waals surface area contributed by atoms with Crippen LogP contribution in [0, 0.1) is 16.6 Å². The molecule has 0 saturated heterocycles. The van der Waals surface area contributed by atoms with Crippen molar-refractivity contribution in [1.82, 2.24) is 10.3 Å². The van der Waals surface area contributed by atoms with Crippen LogP contribution >= 0.6 is 0 Å². The van der Waals surface area contributed by atoms with E-state index in [4.69, 9.17) is 0 Å². The number of carboxylic acids is 1. The van der Waals surface area contributed by atoms with Crippen LogP contribution in [0.4, 0.5) is 4.39 Å². The summed E-state index contributed by atoms with van der Waals surface area (Å²) in [5.41, 5.74) is 0.655. The van der Waals surface area contributed by atoms with E-state index < -0.39 is 16.8 Å². The van der Waals surface area contributed by atoms with Gasteiger partial charge in [-0.25, -0.2) is 4.39 Å². The summed E-state index contributed by atoms with van der Waals surface area (Å²) in [6.45, 7) is 1.92. The van der Waals surface area contributed by atoms with Gasteiger partial charge >= 0.3 is 5.97 Å². The molecular formula is C19H21FN2O3. The van der Waals surface area contributed by atoms with Gasteiger partial charge in [0.1, 0.15) is 5.82 Å². The van der Waals surface area contributed by atoms with Gasteiger partial charge in [-0.1, -0.05) is 0 Å². The zero-order valence-electron chi connectivity index (χ0n) is 14.1. The number of fused-ring (bicyclic) bond motifs is 2. The summed E-state index contributed by atoms with van der Waals surface area (Å²) in [6, 6.07) is 4.51. The maximum atomic E-state index is 13.5. The number of nitrogens with one attached hydrogen (secondary N) is 2. The Balaban J connectivity index is 1.43. The van der Waals surface area contributed by atoms with Gasteiger partial charge in [0.2, 0.25) is 5.91 Å². The predicted molar refractivity (Wildman–Crippen MR) is 90.5 cm³/mol. The predicted octanol–water partition coefficient (Wildman–Crippen LogP) is 3.00. The van der Waals surface area contributed by atoms with Crippen molar-refractivity contribution in [3.8, 4) is 0 Å². The van der Waals surface area contributed by atoms with E-state index in [0.717, 1.165) is 16.5 Å². The Hall–Kier alpha value is -2.37. The Morgan fingerprint density at radius 1 is 1.32 bits per heavy atom. The first-order chi connectivity index (χ1) is 11.8. The average Bonchev–Trinajstić information content (AvgIpc) is 3.19. The lowest BCUT2D eigenvalue weighted by Gasteiger charge is -2.43. The molecule has 6 heteroatoms. The minimum atomic E-state index is -0.776. The molecule has 1 aromatic carbocycles. The summed E-state index contributed by atoms with van der Waals surface area (Å²) >= 11 is 0. The fourth-order valence-corrected chi connectivity index (χ4v) is 4.69. The number of amides is 1. The largest absolute Gasteiger partial charge is 0.481 e. The lowest BCUT2D eigenvalue weighted by atomic mass is 9.60. The number of carbonyl (C=O) groups is 2. The number of carboxylic acid groups (broad SMARTS) is 1. The number of hydrogen-bond donors (Lipinski definition) is 3. The summed E-state index contributed by atoms with van der Waals surface area (Å²) in [5.74, 6) is -1.10. The van der Waals surface area contributed by atoms with E-state index in [1.54, 1.807) is 6.07 Å². The summed E-state index contributed by atoms with van der Waals surface area (Å²) < 4.78 is 13.5. The Labute approximate surface area is 144 Å². The molecule has 1 aromatic heterocycles. The third-order valence-electron chi connectivity index (χ3n) is 6.00. The van der Waals surface area contributed by atoms with E-state index in [1.807, 2.05) is 13.1 Å². The van der Waals surface area contributed by atoms with Crippen molar-refractivity contribution in [3.05, 3.63) is 35.8 Å². The van der Waals surface area contributed by atoms with Gasteiger partial charge in [-0.05, 0) is 62.8 Å². The van der Waals surface area contributed by atoms with Crippen LogP contribution in [0.3, 0.4) is 0 Å². The van der Waals surface area contributed by atoms with E-state index in [2.05, 4.69) is 10.3 Å². The molecule has 5 rings (SSSR count). The average molecular weight is 344 g/mol. The number of aromatic amines is 1. The summed E-state index contributed by atoms with van der Waals surface area (Å²) in [7, 11) is 0. The highest BCUT2D eigenvalue weighted by atomic mass is 19.1. The molecule has 0 aliphatic heterocycles. The first-order valence-corrected chi connectivity index (χ1v) is 8.64. The van der Waals surface area contributed by atoms with Crippen LogP contribution in [0.2, 0.25) is 0 Å². The highest BCUT2D eigenvalue weighted by molar-refractivity contribution is 5.90. The summed E-state index contributed by atoms with van der Waals surface area (Å²) in [6.07, 6.45) is 4.58. The molecule has 3 fully saturated rings. The normalized spacial score (nSPS) is 28.6. The minimum absolute atomic E-state index is 0.0413. The maximum absolute atomic E-state index is 13.5. The highest BCUT2D eigenvalue weighted by Crippen LogP contribution is 2.67. The quantitative estimate of drug-likeness (QED) is 0.780. The molecule has 3 aliphatic carbocycles. The molecule has 3 aliphatic rings. The van der Waals surface area contributed by atoms with Gasteiger partial charge in [0.15, 0.2) is 0 Å². The fraction of sp³-hybridized carbons (Fsp3) is 0.474. The second-order valence-corrected chi connectivity index (χ2v) is 7.80. The highest BCUT2D eigenvalue weighted by Gasteiger charge is 2.67. The van der Waals surface area contributed by atoms with Crippen LogP contribution in [0.1, 0.15) is 38.2 Å². The van der Waals surface area contributed by atoms with E-state index >= 15 is 0 Å². The molecule has 1 heterocycles. The molecule has 1 amide bonds. The monoisotopic (exact) mass is 344 g/mol. The van der Waals surface area contributed by atoms with Gasteiger partial charge < -0.3 is 15.4 Å². The molecule has 2 bridgehead atoms. The number of hydrogen-bond acceptors (Lipinski definition) is 2. The van der Waals surface area contributed by atoms with Crippen LogP contribution < -0.4 is 5.32 Å².